The highest BCUT2D eigenvalue weighted by Crippen LogP contribution is 2.55. The van der Waals surface area contributed by atoms with Crippen molar-refractivity contribution in [1.29, 1.82) is 0 Å². The molecule has 3 aliphatic heterocycles. The molecule has 6 N–H and O–H groups in total. The van der Waals surface area contributed by atoms with Gasteiger partial charge in [0.05, 0.1) is 53.0 Å². The lowest BCUT2D eigenvalue weighted by molar-refractivity contribution is -0.160. The molecular weight excluding hydrogens is 837 g/mol. The summed E-state index contributed by atoms with van der Waals surface area (Å²) in [6.45, 7) is 15.0. The number of aliphatic hydroxyl groups is 2. The van der Waals surface area contributed by atoms with Gasteiger partial charge in [-0.1, -0.05) is 109 Å². The number of methoxy groups -OCH3 is 1. The number of allylic oxidation sites excluding steroid dienone is 2. The van der Waals surface area contributed by atoms with E-state index in [4.69, 9.17) is 23.8 Å². The quantitative estimate of drug-likeness (QED) is 0.0245. The van der Waals surface area contributed by atoms with E-state index in [0.29, 0.717) is 0 Å². The van der Waals surface area contributed by atoms with Crippen LogP contribution in [0.5, 0.6) is 23.0 Å². The molecule has 0 aromatic heterocycles. The molecule has 9 unspecified atom stereocenters. The molecule has 0 fully saturated rings. The number of amides is 1. The predicted molar refractivity (Wildman–Crippen MR) is 249 cm³/mol. The highest BCUT2D eigenvalue weighted by atomic mass is 16.7. The molecule has 2 aromatic rings. The summed E-state index contributed by atoms with van der Waals surface area (Å²) in [6.07, 6.45) is 16.0. The maximum absolute atomic E-state index is 14.5. The first-order valence-electron chi connectivity index (χ1n) is 23.1. The third kappa shape index (κ3) is 12.4. The number of aromatic hydroxyl groups is 3. The van der Waals surface area contributed by atoms with Crippen molar-refractivity contribution in [3.05, 3.63) is 52.8 Å². The Morgan fingerprint density at radius 2 is 1.49 bits per heavy atom. The van der Waals surface area contributed by atoms with Gasteiger partial charge in [-0.2, -0.15) is 0 Å². The highest BCUT2D eigenvalue weighted by molar-refractivity contribution is 6.23. The number of ether oxygens (including phenoxy) is 4. The van der Waals surface area contributed by atoms with Crippen LogP contribution in [0.2, 0.25) is 0 Å². The second-order valence-electron chi connectivity index (χ2n) is 17.9. The maximum atomic E-state index is 14.5. The lowest BCUT2D eigenvalue weighted by atomic mass is 9.78. The van der Waals surface area contributed by atoms with Gasteiger partial charge in [-0.05, 0) is 32.8 Å². The van der Waals surface area contributed by atoms with Gasteiger partial charge in [0.25, 0.3) is 11.7 Å². The number of nitrogens with zero attached hydrogens (tertiary/aromatic N) is 1. The SMILES string of the molecule is CCCCCCCCCCCCO/N=C/c1c2c(O)c3c(O)c(C)c4c(c3c1O)C(=O)C(C)(O/C=C/C(OC)C(C)C(OC(C)=O)C(C)C(O)C(C)C(O)C(C)/C=C/C=C(\C)C(=O)N2)O4. The molecule has 15 nitrogen and oxygen atoms in total. The Hall–Kier alpha value is -5.12. The van der Waals surface area contributed by atoms with Crippen molar-refractivity contribution in [2.45, 2.75) is 157 Å². The Balaban J connectivity index is 1.80. The van der Waals surface area contributed by atoms with Gasteiger partial charge >= 0.3 is 11.8 Å². The average Bonchev–Trinajstić information content (AvgIpc) is 3.54. The summed E-state index contributed by atoms with van der Waals surface area (Å²) >= 11 is 0. The molecule has 5 rings (SSSR count). The molecular formula is C50H72N2O13. The molecule has 9 atom stereocenters. The number of phenolic OH excluding ortho intramolecular Hbond substituents is 3. The van der Waals surface area contributed by atoms with Crippen LogP contribution >= 0.6 is 0 Å². The van der Waals surface area contributed by atoms with Crippen LogP contribution in [0.1, 0.15) is 141 Å². The van der Waals surface area contributed by atoms with E-state index in [-0.39, 0.29) is 51.1 Å². The number of carbonyl (C=O) groups excluding carboxylic acids is 3. The second kappa shape index (κ2) is 23.9. The van der Waals surface area contributed by atoms with Crippen molar-refractivity contribution < 1.29 is 63.7 Å². The first-order chi connectivity index (χ1) is 30.8. The molecule has 2 aromatic carbocycles. The van der Waals surface area contributed by atoms with E-state index >= 15 is 0 Å². The molecule has 65 heavy (non-hydrogen) atoms. The van der Waals surface area contributed by atoms with Crippen LogP contribution in [0.15, 0.2) is 41.3 Å². The molecule has 3 heterocycles. The van der Waals surface area contributed by atoms with Crippen LogP contribution < -0.4 is 10.1 Å². The Bertz CT molecular complexity index is 2110. The monoisotopic (exact) mass is 909 g/mol. The number of phenols is 3. The maximum Gasteiger partial charge on any atom is 0.312 e. The number of hydrogen-bond donors (Lipinski definition) is 6. The molecule has 3 aliphatic rings. The summed E-state index contributed by atoms with van der Waals surface area (Å²) < 4.78 is 23.6. The third-order valence-electron chi connectivity index (χ3n) is 12.9. The van der Waals surface area contributed by atoms with E-state index in [1.165, 1.54) is 91.7 Å². The van der Waals surface area contributed by atoms with Crippen molar-refractivity contribution >= 4 is 40.3 Å². The highest BCUT2D eigenvalue weighted by Gasteiger charge is 2.50. The fraction of sp³-hybridized carbons (Fsp3) is 0.600. The number of benzene rings is 2. The van der Waals surface area contributed by atoms with Crippen molar-refractivity contribution in [1.82, 2.24) is 0 Å². The van der Waals surface area contributed by atoms with Gasteiger partial charge in [0.15, 0.2) is 5.75 Å². The van der Waals surface area contributed by atoms with Crippen LogP contribution in [0.4, 0.5) is 5.69 Å². The van der Waals surface area contributed by atoms with Crippen molar-refractivity contribution in [2.24, 2.45) is 28.8 Å². The van der Waals surface area contributed by atoms with E-state index < -0.39 is 88.8 Å². The largest absolute Gasteiger partial charge is 0.507 e. The number of Topliss-reactive ketones (excluding diaryl/α,β-unsaturated/α-hetero) is 1. The van der Waals surface area contributed by atoms with E-state index in [1.54, 1.807) is 39.8 Å². The van der Waals surface area contributed by atoms with Gasteiger partial charge in [0.1, 0.15) is 30.0 Å². The van der Waals surface area contributed by atoms with Crippen LogP contribution in [0.3, 0.4) is 0 Å². The summed E-state index contributed by atoms with van der Waals surface area (Å²) in [5, 5.41) is 64.6. The molecule has 0 radical (unpaired) electrons. The summed E-state index contributed by atoms with van der Waals surface area (Å²) in [6, 6.07) is 0. The van der Waals surface area contributed by atoms with Gasteiger partial charge < -0.3 is 54.6 Å². The van der Waals surface area contributed by atoms with Crippen molar-refractivity contribution in [3.63, 3.8) is 0 Å². The zero-order valence-corrected chi connectivity index (χ0v) is 39.8. The van der Waals surface area contributed by atoms with E-state index in [0.717, 1.165) is 31.9 Å². The van der Waals surface area contributed by atoms with Crippen LogP contribution in [-0.2, 0) is 28.6 Å². The molecule has 1 amide bonds. The topological polar surface area (TPSA) is 223 Å². The van der Waals surface area contributed by atoms with E-state index in [1.807, 2.05) is 0 Å². The number of hydrogen-bond acceptors (Lipinski definition) is 14. The first-order valence-corrected chi connectivity index (χ1v) is 23.1. The van der Waals surface area contributed by atoms with Crippen LogP contribution in [-0.4, -0.2) is 93.3 Å². The average molecular weight is 909 g/mol. The van der Waals surface area contributed by atoms with Gasteiger partial charge in [0.2, 0.25) is 0 Å². The zero-order chi connectivity index (χ0) is 48.2. The number of fused-ring (bicyclic) bond motifs is 14. The Morgan fingerprint density at radius 1 is 0.862 bits per heavy atom. The number of carbonyl (C=O) groups is 3. The standard InChI is InChI=1S/C50H72N2O13/c1-11-12-13-14-15-16-17-18-19-20-25-63-51-27-35-40-45(58)38-37(44(35)57)39-47(33(7)43(38)56)65-50(9,48(39)59)62-26-24-36(61-10)30(4)46(64-34(8)53)32(6)42(55)31(5)41(54)28(2)22-21-23-29(3)49(60)52-40/h21-24,26-28,30-32,36,41-42,46,54-58H,11-20,25H2,1-10H3,(H,52,60)/b22-21+,26-24+,29-23+,51-27+. The van der Waals surface area contributed by atoms with Crippen LogP contribution in [0.25, 0.3) is 10.8 Å². The minimum atomic E-state index is -2.06. The Morgan fingerprint density at radius 3 is 2.11 bits per heavy atom. The zero-order valence-electron chi connectivity index (χ0n) is 39.8. The normalized spacial score (nSPS) is 28.4. The number of esters is 1. The van der Waals surface area contributed by atoms with E-state index in [2.05, 4.69) is 17.4 Å². The Labute approximate surface area is 383 Å². The fourth-order valence-corrected chi connectivity index (χ4v) is 8.67. The summed E-state index contributed by atoms with van der Waals surface area (Å²) in [4.78, 5) is 46.2. The molecule has 360 valence electrons. The number of rotatable bonds is 15. The van der Waals surface area contributed by atoms with Gasteiger partial charge in [0, 0.05) is 61.2 Å². The summed E-state index contributed by atoms with van der Waals surface area (Å²) in [5.41, 5.74) is -0.526. The molecule has 0 saturated carbocycles. The number of nitrogens with one attached hydrogen (secondary N) is 1. The van der Waals surface area contributed by atoms with Gasteiger partial charge in [-0.25, -0.2) is 0 Å². The number of anilines is 1. The smallest absolute Gasteiger partial charge is 0.312 e. The molecule has 5 bridgehead atoms. The minimum Gasteiger partial charge on any atom is -0.507 e. The number of ketones is 1. The summed E-state index contributed by atoms with van der Waals surface area (Å²) in [5.74, 6) is -8.53. The third-order valence-corrected chi connectivity index (χ3v) is 12.9. The van der Waals surface area contributed by atoms with Gasteiger partial charge in [-0.3, -0.25) is 14.4 Å². The van der Waals surface area contributed by atoms with Crippen molar-refractivity contribution in [2.75, 3.05) is 19.0 Å². The number of aliphatic hydroxyl groups excluding tert-OH is 2. The minimum absolute atomic E-state index is 0.0443. The predicted octanol–water partition coefficient (Wildman–Crippen LogP) is 9.03. The molecule has 15 heteroatoms. The Kier molecular flexibility index (Phi) is 19.3. The molecule has 0 aliphatic carbocycles. The van der Waals surface area contributed by atoms with E-state index in [9.17, 15) is 39.9 Å². The first kappa shape index (κ1) is 52.5. The lowest BCUT2D eigenvalue weighted by Gasteiger charge is -2.38. The molecule has 0 saturated heterocycles. The number of oxime groups is 1. The number of unbranched alkanes of at least 4 members (excludes halogenated alkanes) is 9. The second-order valence-corrected chi connectivity index (χ2v) is 17.9. The van der Waals surface area contributed by atoms with Crippen molar-refractivity contribution in [3.8, 4) is 23.0 Å². The molecule has 0 spiro atoms. The lowest BCUT2D eigenvalue weighted by Crippen LogP contribution is -2.46. The summed E-state index contributed by atoms with van der Waals surface area (Å²) in [7, 11) is 1.44. The fourth-order valence-electron chi connectivity index (χ4n) is 8.67. The van der Waals surface area contributed by atoms with Gasteiger partial charge in [-0.15, -0.1) is 0 Å². The van der Waals surface area contributed by atoms with Crippen LogP contribution in [0, 0.1) is 30.6 Å².